The maximum absolute atomic E-state index is 12.5. The van der Waals surface area contributed by atoms with E-state index >= 15 is 0 Å². The molecule has 0 aliphatic carbocycles. The molecule has 1 spiro atoms. The van der Waals surface area contributed by atoms with Gasteiger partial charge in [-0.05, 0) is 68.1 Å². The van der Waals surface area contributed by atoms with E-state index in [1.807, 2.05) is 0 Å². The maximum Gasteiger partial charge on any atom is 0.222 e. The van der Waals surface area contributed by atoms with Gasteiger partial charge in [-0.2, -0.15) is 0 Å². The summed E-state index contributed by atoms with van der Waals surface area (Å²) in [5.41, 5.74) is 3.02. The second kappa shape index (κ2) is 7.77. The number of para-hydroxylation sites is 1. The molecule has 0 saturated carbocycles. The third-order valence-corrected chi connectivity index (χ3v) is 7.55. The lowest BCUT2D eigenvalue weighted by Gasteiger charge is -2.48. The molecule has 5 nitrogen and oxygen atoms in total. The lowest BCUT2D eigenvalue weighted by molar-refractivity contribution is -0.141. The molecule has 1 atom stereocenters. The zero-order valence-corrected chi connectivity index (χ0v) is 17.6. The van der Waals surface area contributed by atoms with Gasteiger partial charge in [0.2, 0.25) is 5.91 Å². The van der Waals surface area contributed by atoms with Gasteiger partial charge in [0, 0.05) is 50.9 Å². The van der Waals surface area contributed by atoms with Crippen molar-refractivity contribution in [2.24, 2.45) is 12.5 Å². The SMILES string of the molecule is Cn1c(CN2CCC3(CCC(=O)N(C[C@H]4CCCO4)C3)CC2)cc2ccccc21. The first-order valence-corrected chi connectivity index (χ1v) is 11.3. The molecule has 0 N–H and O–H groups in total. The molecular formula is C24H33N3O2. The summed E-state index contributed by atoms with van der Waals surface area (Å²) >= 11 is 0. The smallest absolute Gasteiger partial charge is 0.222 e. The number of benzene rings is 1. The van der Waals surface area contributed by atoms with Crippen molar-refractivity contribution >= 4 is 16.8 Å². The van der Waals surface area contributed by atoms with Crippen LogP contribution in [-0.4, -0.2) is 59.2 Å². The van der Waals surface area contributed by atoms with E-state index in [9.17, 15) is 4.79 Å². The lowest BCUT2D eigenvalue weighted by Crippen LogP contribution is -2.52. The Balaban J connectivity index is 1.21. The number of ether oxygens (including phenoxy) is 1. The summed E-state index contributed by atoms with van der Waals surface area (Å²) in [6, 6.07) is 11.0. The van der Waals surface area contributed by atoms with E-state index in [0.29, 0.717) is 11.3 Å². The summed E-state index contributed by atoms with van der Waals surface area (Å²) in [5, 5.41) is 1.33. The van der Waals surface area contributed by atoms with Crippen LogP contribution in [0.4, 0.5) is 0 Å². The van der Waals surface area contributed by atoms with Crippen LogP contribution in [0.2, 0.25) is 0 Å². The Labute approximate surface area is 173 Å². The summed E-state index contributed by atoms with van der Waals surface area (Å²) in [7, 11) is 2.18. The minimum Gasteiger partial charge on any atom is -0.376 e. The number of hydrogen-bond acceptors (Lipinski definition) is 3. The molecule has 5 heteroatoms. The highest BCUT2D eigenvalue weighted by atomic mass is 16.5. The van der Waals surface area contributed by atoms with Crippen molar-refractivity contribution in [2.45, 2.75) is 51.2 Å². The Morgan fingerprint density at radius 1 is 1.17 bits per heavy atom. The van der Waals surface area contributed by atoms with Crippen molar-refractivity contribution in [3.8, 4) is 0 Å². The molecular weight excluding hydrogens is 362 g/mol. The molecule has 29 heavy (non-hydrogen) atoms. The van der Waals surface area contributed by atoms with E-state index in [2.05, 4.69) is 51.7 Å². The third-order valence-electron chi connectivity index (χ3n) is 7.55. The number of amides is 1. The van der Waals surface area contributed by atoms with Crippen LogP contribution in [0.5, 0.6) is 0 Å². The highest BCUT2D eigenvalue weighted by Crippen LogP contribution is 2.41. The Bertz CT molecular complexity index is 875. The molecule has 4 heterocycles. The van der Waals surface area contributed by atoms with E-state index in [0.717, 1.165) is 65.0 Å². The largest absolute Gasteiger partial charge is 0.376 e. The molecule has 156 valence electrons. The maximum atomic E-state index is 12.5. The van der Waals surface area contributed by atoms with Crippen molar-refractivity contribution in [2.75, 3.05) is 32.8 Å². The van der Waals surface area contributed by atoms with E-state index < -0.39 is 0 Å². The average Bonchev–Trinajstić information content (AvgIpc) is 3.35. The number of aryl methyl sites for hydroxylation is 1. The van der Waals surface area contributed by atoms with Gasteiger partial charge in [-0.3, -0.25) is 9.69 Å². The van der Waals surface area contributed by atoms with Crippen molar-refractivity contribution in [3.63, 3.8) is 0 Å². The van der Waals surface area contributed by atoms with Crippen LogP contribution < -0.4 is 0 Å². The number of fused-ring (bicyclic) bond motifs is 1. The van der Waals surface area contributed by atoms with Crippen molar-refractivity contribution in [3.05, 3.63) is 36.0 Å². The van der Waals surface area contributed by atoms with Gasteiger partial charge < -0.3 is 14.2 Å². The molecule has 3 aliphatic rings. The normalized spacial score (nSPS) is 25.3. The van der Waals surface area contributed by atoms with E-state index in [4.69, 9.17) is 4.74 Å². The first-order valence-electron chi connectivity index (χ1n) is 11.3. The van der Waals surface area contributed by atoms with Gasteiger partial charge in [0.15, 0.2) is 0 Å². The Kier molecular flexibility index (Phi) is 5.12. The Hall–Kier alpha value is -1.85. The zero-order valence-electron chi connectivity index (χ0n) is 17.6. The minimum atomic E-state index is 0.265. The molecule has 5 rings (SSSR count). The Morgan fingerprint density at radius 2 is 2.00 bits per heavy atom. The number of carbonyl (C=O) groups excluding carboxylic acids is 1. The number of hydrogen-bond donors (Lipinski definition) is 0. The summed E-state index contributed by atoms with van der Waals surface area (Å²) in [5.74, 6) is 0.337. The predicted molar refractivity (Wildman–Crippen MR) is 115 cm³/mol. The van der Waals surface area contributed by atoms with Crippen LogP contribution in [0.3, 0.4) is 0 Å². The molecule has 3 saturated heterocycles. The number of nitrogens with zero attached hydrogens (tertiary/aromatic N) is 3. The molecule has 2 aromatic rings. The molecule has 1 aromatic heterocycles. The van der Waals surface area contributed by atoms with Gasteiger partial charge in [0.25, 0.3) is 0 Å². The fourth-order valence-electron chi connectivity index (χ4n) is 5.62. The van der Waals surface area contributed by atoms with Crippen LogP contribution in [-0.2, 0) is 23.1 Å². The average molecular weight is 396 g/mol. The summed E-state index contributed by atoms with van der Waals surface area (Å²) in [6.45, 7) is 5.88. The predicted octanol–water partition coefficient (Wildman–Crippen LogP) is 3.56. The highest BCUT2D eigenvalue weighted by Gasteiger charge is 2.41. The van der Waals surface area contributed by atoms with E-state index in [1.54, 1.807) is 0 Å². The van der Waals surface area contributed by atoms with Crippen molar-refractivity contribution < 1.29 is 9.53 Å². The van der Waals surface area contributed by atoms with Crippen LogP contribution in [0.1, 0.15) is 44.2 Å². The van der Waals surface area contributed by atoms with Crippen LogP contribution in [0.15, 0.2) is 30.3 Å². The van der Waals surface area contributed by atoms with Crippen LogP contribution in [0.25, 0.3) is 10.9 Å². The number of rotatable bonds is 4. The molecule has 0 unspecified atom stereocenters. The van der Waals surface area contributed by atoms with Gasteiger partial charge >= 0.3 is 0 Å². The van der Waals surface area contributed by atoms with Gasteiger partial charge in [-0.25, -0.2) is 0 Å². The molecule has 3 fully saturated rings. The molecule has 1 aromatic carbocycles. The summed E-state index contributed by atoms with van der Waals surface area (Å²) in [6.07, 6.45) is 6.70. The number of aromatic nitrogens is 1. The monoisotopic (exact) mass is 395 g/mol. The third kappa shape index (κ3) is 3.82. The quantitative estimate of drug-likeness (QED) is 0.794. The van der Waals surface area contributed by atoms with Gasteiger partial charge in [-0.1, -0.05) is 18.2 Å². The van der Waals surface area contributed by atoms with Crippen LogP contribution >= 0.6 is 0 Å². The first kappa shape index (κ1) is 19.1. The van der Waals surface area contributed by atoms with E-state index in [1.165, 1.54) is 29.4 Å². The lowest BCUT2D eigenvalue weighted by atomic mass is 9.72. The molecule has 1 amide bonds. The second-order valence-electron chi connectivity index (χ2n) is 9.44. The standard InChI is InChI=1S/C24H33N3O2/c1-25-20(15-19-5-2-3-7-22(19)25)16-26-12-10-24(11-13-26)9-8-23(28)27(18-24)17-21-6-4-14-29-21/h2-3,5,7,15,21H,4,6,8-14,16-18H2,1H3/t21-/m1/s1. The minimum absolute atomic E-state index is 0.265. The second-order valence-corrected chi connectivity index (χ2v) is 9.44. The Morgan fingerprint density at radius 3 is 2.76 bits per heavy atom. The molecule has 3 aliphatic heterocycles. The summed E-state index contributed by atoms with van der Waals surface area (Å²) in [4.78, 5) is 17.2. The van der Waals surface area contributed by atoms with Crippen LogP contribution in [0, 0.1) is 5.41 Å². The summed E-state index contributed by atoms with van der Waals surface area (Å²) < 4.78 is 8.13. The fourth-order valence-corrected chi connectivity index (χ4v) is 5.62. The van der Waals surface area contributed by atoms with Crippen molar-refractivity contribution in [1.82, 2.24) is 14.4 Å². The number of carbonyl (C=O) groups is 1. The number of piperidine rings is 2. The topological polar surface area (TPSA) is 37.7 Å². The molecule has 0 bridgehead atoms. The molecule has 0 radical (unpaired) electrons. The van der Waals surface area contributed by atoms with Crippen molar-refractivity contribution in [1.29, 1.82) is 0 Å². The fraction of sp³-hybridized carbons (Fsp3) is 0.625. The first-order chi connectivity index (χ1) is 14.1. The van der Waals surface area contributed by atoms with Gasteiger partial charge in [-0.15, -0.1) is 0 Å². The van der Waals surface area contributed by atoms with E-state index in [-0.39, 0.29) is 6.10 Å². The van der Waals surface area contributed by atoms with Gasteiger partial charge in [0.05, 0.1) is 6.10 Å². The van der Waals surface area contributed by atoms with Gasteiger partial charge in [0.1, 0.15) is 0 Å². The number of likely N-dealkylation sites (tertiary alicyclic amines) is 2. The highest BCUT2D eigenvalue weighted by molar-refractivity contribution is 5.81. The zero-order chi connectivity index (χ0) is 19.8.